The number of imidazole rings is 1. The molecule has 0 aromatic carbocycles. The highest BCUT2D eigenvalue weighted by Gasteiger charge is 2.13. The third kappa shape index (κ3) is 4.04. The lowest BCUT2D eigenvalue weighted by molar-refractivity contribution is -0.125. The van der Waals surface area contributed by atoms with Gasteiger partial charge in [-0.05, 0) is 20.8 Å². The van der Waals surface area contributed by atoms with Gasteiger partial charge in [0.25, 0.3) is 5.91 Å². The van der Waals surface area contributed by atoms with E-state index in [0.717, 1.165) is 0 Å². The molecule has 0 unspecified atom stereocenters. The van der Waals surface area contributed by atoms with Crippen molar-refractivity contribution in [2.45, 2.75) is 26.4 Å². The first-order valence-electron chi connectivity index (χ1n) is 4.40. The van der Waals surface area contributed by atoms with Crippen LogP contribution in [0.4, 0.5) is 5.95 Å². The number of carbonyl (C=O) groups is 1. The number of carbonyl (C=O) groups excluding carboxylic acids is 1. The van der Waals surface area contributed by atoms with E-state index in [2.05, 4.69) is 15.3 Å². The van der Waals surface area contributed by atoms with Crippen LogP contribution in [0, 0.1) is 0 Å². The first-order chi connectivity index (χ1) is 6.47. The summed E-state index contributed by atoms with van der Waals surface area (Å²) in [5.74, 6) is 0.224. The molecule has 0 radical (unpaired) electrons. The molecule has 0 spiro atoms. The van der Waals surface area contributed by atoms with Gasteiger partial charge in [-0.15, -0.1) is 0 Å². The fourth-order valence-corrected chi connectivity index (χ4v) is 0.784. The summed E-state index contributed by atoms with van der Waals surface area (Å²) in [5.41, 5.74) is -0.305. The molecule has 0 atom stereocenters. The summed E-state index contributed by atoms with van der Waals surface area (Å²) in [6, 6.07) is 0. The van der Waals surface area contributed by atoms with E-state index in [4.69, 9.17) is 4.74 Å². The minimum absolute atomic E-state index is 0.0319. The molecule has 5 heteroatoms. The summed E-state index contributed by atoms with van der Waals surface area (Å²) in [4.78, 5) is 17.9. The number of aromatic amines is 1. The monoisotopic (exact) mass is 197 g/mol. The number of aromatic nitrogens is 2. The topological polar surface area (TPSA) is 67.0 Å². The van der Waals surface area contributed by atoms with Crippen molar-refractivity contribution in [3.05, 3.63) is 12.4 Å². The smallest absolute Gasteiger partial charge is 0.252 e. The van der Waals surface area contributed by atoms with Crippen molar-refractivity contribution in [3.8, 4) is 0 Å². The number of anilines is 1. The number of H-pyrrole nitrogens is 1. The number of amides is 1. The Morgan fingerprint density at radius 1 is 1.64 bits per heavy atom. The number of nitrogens with zero attached hydrogens (tertiary/aromatic N) is 1. The zero-order valence-corrected chi connectivity index (χ0v) is 8.63. The minimum atomic E-state index is -0.305. The van der Waals surface area contributed by atoms with Gasteiger partial charge >= 0.3 is 0 Å². The Balaban J connectivity index is 2.30. The Bertz CT molecular complexity index is 288. The van der Waals surface area contributed by atoms with Gasteiger partial charge in [-0.25, -0.2) is 4.98 Å². The van der Waals surface area contributed by atoms with Gasteiger partial charge in [0.2, 0.25) is 5.95 Å². The van der Waals surface area contributed by atoms with Crippen molar-refractivity contribution in [1.82, 2.24) is 9.97 Å². The van der Waals surface area contributed by atoms with Crippen LogP contribution in [0.15, 0.2) is 12.4 Å². The number of hydrogen-bond donors (Lipinski definition) is 2. The lowest BCUT2D eigenvalue weighted by Gasteiger charge is -2.18. The molecule has 5 nitrogen and oxygen atoms in total. The molecule has 0 saturated carbocycles. The van der Waals surface area contributed by atoms with E-state index in [9.17, 15) is 4.79 Å². The van der Waals surface area contributed by atoms with E-state index in [0.29, 0.717) is 5.95 Å². The van der Waals surface area contributed by atoms with Crippen molar-refractivity contribution < 1.29 is 9.53 Å². The Morgan fingerprint density at radius 3 is 2.86 bits per heavy atom. The first-order valence-corrected chi connectivity index (χ1v) is 4.40. The van der Waals surface area contributed by atoms with Crippen molar-refractivity contribution in [1.29, 1.82) is 0 Å². The summed E-state index contributed by atoms with van der Waals surface area (Å²) in [7, 11) is 0. The van der Waals surface area contributed by atoms with E-state index >= 15 is 0 Å². The fraction of sp³-hybridized carbons (Fsp3) is 0.556. The van der Waals surface area contributed by atoms with Crippen LogP contribution >= 0.6 is 0 Å². The molecule has 1 rings (SSSR count). The first kappa shape index (κ1) is 10.7. The van der Waals surface area contributed by atoms with Crippen LogP contribution in [-0.4, -0.2) is 28.1 Å². The molecule has 1 heterocycles. The predicted molar refractivity (Wildman–Crippen MR) is 52.9 cm³/mol. The van der Waals surface area contributed by atoms with E-state index in [-0.39, 0.29) is 18.1 Å². The van der Waals surface area contributed by atoms with Crippen molar-refractivity contribution in [3.63, 3.8) is 0 Å². The molecule has 0 bridgehead atoms. The third-order valence-electron chi connectivity index (χ3n) is 1.39. The van der Waals surface area contributed by atoms with Gasteiger partial charge in [0.15, 0.2) is 0 Å². The number of ether oxygens (including phenoxy) is 1. The summed E-state index contributed by atoms with van der Waals surface area (Å²) in [6.45, 7) is 5.72. The lowest BCUT2D eigenvalue weighted by Crippen LogP contribution is -2.27. The fourth-order valence-electron chi connectivity index (χ4n) is 0.784. The Labute approximate surface area is 82.9 Å². The lowest BCUT2D eigenvalue weighted by atomic mass is 10.2. The normalized spacial score (nSPS) is 11.4. The van der Waals surface area contributed by atoms with Crippen LogP contribution in [0.2, 0.25) is 0 Å². The van der Waals surface area contributed by atoms with Crippen LogP contribution in [0.25, 0.3) is 0 Å². The molecule has 1 aromatic heterocycles. The molecule has 0 aliphatic carbocycles. The molecule has 1 aromatic rings. The second-order valence-electron chi connectivity index (χ2n) is 3.89. The minimum Gasteiger partial charge on any atom is -0.366 e. The molecule has 2 N–H and O–H groups in total. The molecule has 78 valence electrons. The summed E-state index contributed by atoms with van der Waals surface area (Å²) < 4.78 is 5.29. The predicted octanol–water partition coefficient (Wildman–Crippen LogP) is 1.16. The largest absolute Gasteiger partial charge is 0.366 e. The molecule has 0 aliphatic heterocycles. The number of hydrogen-bond acceptors (Lipinski definition) is 3. The summed E-state index contributed by atoms with van der Waals surface area (Å²) in [6.07, 6.45) is 3.21. The maximum Gasteiger partial charge on any atom is 0.252 e. The second-order valence-corrected chi connectivity index (χ2v) is 3.89. The van der Waals surface area contributed by atoms with Gasteiger partial charge in [0.1, 0.15) is 6.61 Å². The molecule has 14 heavy (non-hydrogen) atoms. The van der Waals surface area contributed by atoms with Gasteiger partial charge in [0, 0.05) is 12.4 Å². The van der Waals surface area contributed by atoms with Gasteiger partial charge in [-0.2, -0.15) is 0 Å². The quantitative estimate of drug-likeness (QED) is 0.764. The van der Waals surface area contributed by atoms with E-state index in [1.165, 1.54) is 0 Å². The highest BCUT2D eigenvalue weighted by Crippen LogP contribution is 2.06. The maximum absolute atomic E-state index is 11.3. The average molecular weight is 197 g/mol. The number of nitrogens with one attached hydrogen (secondary N) is 2. The number of rotatable bonds is 3. The summed E-state index contributed by atoms with van der Waals surface area (Å²) in [5, 5.41) is 2.56. The maximum atomic E-state index is 11.3. The molecule has 1 amide bonds. The Morgan fingerprint density at radius 2 is 2.36 bits per heavy atom. The van der Waals surface area contributed by atoms with Crippen LogP contribution in [0.3, 0.4) is 0 Å². The van der Waals surface area contributed by atoms with E-state index in [1.54, 1.807) is 12.4 Å². The molecule has 0 fully saturated rings. The van der Waals surface area contributed by atoms with Crippen LogP contribution < -0.4 is 5.32 Å². The van der Waals surface area contributed by atoms with Gasteiger partial charge in [-0.1, -0.05) is 0 Å². The van der Waals surface area contributed by atoms with E-state index in [1.807, 2.05) is 20.8 Å². The SMILES string of the molecule is CC(C)(C)OCC(=O)Nc1ncc[nH]1. The third-order valence-corrected chi connectivity index (χ3v) is 1.39. The Kier molecular flexibility index (Phi) is 3.24. The molecule has 0 aliphatic rings. The molecule has 0 saturated heterocycles. The van der Waals surface area contributed by atoms with Gasteiger partial charge in [-0.3, -0.25) is 10.1 Å². The van der Waals surface area contributed by atoms with Crippen molar-refractivity contribution in [2.75, 3.05) is 11.9 Å². The molecular weight excluding hydrogens is 182 g/mol. The van der Waals surface area contributed by atoms with E-state index < -0.39 is 0 Å². The highest BCUT2D eigenvalue weighted by atomic mass is 16.5. The highest BCUT2D eigenvalue weighted by molar-refractivity contribution is 5.89. The van der Waals surface area contributed by atoms with Crippen LogP contribution in [-0.2, 0) is 9.53 Å². The average Bonchev–Trinajstić information content (AvgIpc) is 2.52. The zero-order valence-electron chi connectivity index (χ0n) is 8.63. The van der Waals surface area contributed by atoms with Gasteiger partial charge in [0.05, 0.1) is 5.60 Å². The zero-order chi connectivity index (χ0) is 10.6. The van der Waals surface area contributed by atoms with Gasteiger partial charge < -0.3 is 9.72 Å². The summed E-state index contributed by atoms with van der Waals surface area (Å²) >= 11 is 0. The Hall–Kier alpha value is -1.36. The second kappa shape index (κ2) is 4.23. The van der Waals surface area contributed by atoms with Crippen molar-refractivity contribution >= 4 is 11.9 Å². The van der Waals surface area contributed by atoms with Crippen LogP contribution in [0.5, 0.6) is 0 Å². The standard InChI is InChI=1S/C9H15N3O2/c1-9(2,3)14-6-7(13)12-8-10-4-5-11-8/h4-5H,6H2,1-3H3,(H2,10,11,12,13). The molecular formula is C9H15N3O2. The van der Waals surface area contributed by atoms with Crippen LogP contribution in [0.1, 0.15) is 20.8 Å². The van der Waals surface area contributed by atoms with Crippen molar-refractivity contribution in [2.24, 2.45) is 0 Å².